The molecule has 0 bridgehead atoms. The van der Waals surface area contributed by atoms with E-state index in [0.717, 1.165) is 5.69 Å². The van der Waals surface area contributed by atoms with Crippen LogP contribution in [-0.4, -0.2) is 32.2 Å². The number of nitrogens with zero attached hydrogens (tertiary/aromatic N) is 4. The molecular formula is C20H18ClFN4O. The molecule has 0 saturated heterocycles. The molecule has 27 heavy (non-hydrogen) atoms. The van der Waals surface area contributed by atoms with Gasteiger partial charge in [0.15, 0.2) is 5.82 Å². The molecule has 1 N–H and O–H groups in total. The number of fused-ring (bicyclic) bond motifs is 3. The van der Waals surface area contributed by atoms with Gasteiger partial charge in [0, 0.05) is 22.8 Å². The summed E-state index contributed by atoms with van der Waals surface area (Å²) in [5, 5.41) is 18.3. The van der Waals surface area contributed by atoms with Crippen molar-refractivity contribution in [2.24, 2.45) is 10.9 Å². The first-order chi connectivity index (χ1) is 13.1. The molecule has 0 fully saturated rings. The lowest BCUT2D eigenvalue weighted by atomic mass is 9.97. The Labute approximate surface area is 161 Å². The van der Waals surface area contributed by atoms with Gasteiger partial charge in [-0.3, -0.25) is 9.56 Å². The van der Waals surface area contributed by atoms with Crippen molar-refractivity contribution in [2.45, 2.75) is 19.4 Å². The van der Waals surface area contributed by atoms with Gasteiger partial charge >= 0.3 is 0 Å². The Morgan fingerprint density at radius 3 is 2.81 bits per heavy atom. The fourth-order valence-electron chi connectivity index (χ4n) is 3.42. The van der Waals surface area contributed by atoms with E-state index in [1.165, 1.54) is 6.07 Å². The third kappa shape index (κ3) is 3.15. The molecule has 1 unspecified atom stereocenters. The summed E-state index contributed by atoms with van der Waals surface area (Å²) in [5.41, 5.74) is 2.43. The maximum absolute atomic E-state index is 14.6. The van der Waals surface area contributed by atoms with E-state index in [9.17, 15) is 9.50 Å². The van der Waals surface area contributed by atoms with Gasteiger partial charge in [0.2, 0.25) is 0 Å². The SMILES string of the molecule is C[C@@H](CCO)C1N=C(c2ccccc2F)c2cc(Cl)ccc2-n2cnnc21. The van der Waals surface area contributed by atoms with E-state index in [1.807, 2.05) is 17.6 Å². The highest BCUT2D eigenvalue weighted by Gasteiger charge is 2.30. The van der Waals surface area contributed by atoms with Crippen LogP contribution in [0.1, 0.15) is 36.3 Å². The number of hydrogen-bond donors (Lipinski definition) is 1. The average Bonchev–Trinajstić information content (AvgIpc) is 3.08. The molecule has 0 saturated carbocycles. The Morgan fingerprint density at radius 2 is 2.04 bits per heavy atom. The molecule has 2 aromatic carbocycles. The van der Waals surface area contributed by atoms with Crippen LogP contribution in [0.3, 0.4) is 0 Å². The quantitative estimate of drug-likeness (QED) is 0.740. The Kier molecular flexibility index (Phi) is 4.76. The Bertz CT molecular complexity index is 1020. The standard InChI is InChI=1S/C20H18ClFN4O/c1-12(8-9-27)18-20-25-23-11-26(20)17-7-6-13(21)10-15(17)19(24-18)14-4-2-3-5-16(14)22/h2-7,10-12,18,27H,8-9H2,1H3/t12-,18?/m0/s1. The van der Waals surface area contributed by atoms with Crippen molar-refractivity contribution < 1.29 is 9.50 Å². The van der Waals surface area contributed by atoms with E-state index in [2.05, 4.69) is 10.2 Å². The summed E-state index contributed by atoms with van der Waals surface area (Å²) in [4.78, 5) is 4.90. The van der Waals surface area contributed by atoms with Gasteiger partial charge in [0.25, 0.3) is 0 Å². The number of aliphatic hydroxyl groups excluding tert-OH is 1. The van der Waals surface area contributed by atoms with E-state index >= 15 is 0 Å². The maximum atomic E-state index is 14.6. The normalized spacial score (nSPS) is 16.9. The number of aliphatic imine (C=N–C) groups is 1. The first kappa shape index (κ1) is 17.8. The van der Waals surface area contributed by atoms with Crippen molar-refractivity contribution in [1.29, 1.82) is 0 Å². The van der Waals surface area contributed by atoms with Crippen molar-refractivity contribution in [3.63, 3.8) is 0 Å². The molecule has 2 atom stereocenters. The smallest absolute Gasteiger partial charge is 0.162 e. The summed E-state index contributed by atoms with van der Waals surface area (Å²) >= 11 is 6.25. The highest BCUT2D eigenvalue weighted by molar-refractivity contribution is 6.31. The summed E-state index contributed by atoms with van der Waals surface area (Å²) in [6.07, 6.45) is 2.17. The van der Waals surface area contributed by atoms with E-state index < -0.39 is 0 Å². The van der Waals surface area contributed by atoms with E-state index in [0.29, 0.717) is 34.1 Å². The predicted molar refractivity (Wildman–Crippen MR) is 102 cm³/mol. The maximum Gasteiger partial charge on any atom is 0.162 e. The topological polar surface area (TPSA) is 63.3 Å². The van der Waals surface area contributed by atoms with Crippen molar-refractivity contribution in [3.05, 3.63) is 76.6 Å². The van der Waals surface area contributed by atoms with Crippen molar-refractivity contribution in [1.82, 2.24) is 14.8 Å². The monoisotopic (exact) mass is 384 g/mol. The van der Waals surface area contributed by atoms with Gasteiger partial charge in [-0.2, -0.15) is 0 Å². The molecule has 2 heterocycles. The zero-order valence-electron chi connectivity index (χ0n) is 14.7. The van der Waals surface area contributed by atoms with Crippen LogP contribution in [0.15, 0.2) is 53.8 Å². The first-order valence-electron chi connectivity index (χ1n) is 8.74. The fourth-order valence-corrected chi connectivity index (χ4v) is 3.59. The Morgan fingerprint density at radius 1 is 1.22 bits per heavy atom. The zero-order valence-corrected chi connectivity index (χ0v) is 15.4. The molecule has 1 aromatic heterocycles. The minimum Gasteiger partial charge on any atom is -0.396 e. The van der Waals surface area contributed by atoms with E-state index in [1.54, 1.807) is 36.7 Å². The van der Waals surface area contributed by atoms with Gasteiger partial charge in [-0.1, -0.05) is 30.7 Å². The summed E-state index contributed by atoms with van der Waals surface area (Å²) in [6.45, 7) is 2.03. The van der Waals surface area contributed by atoms with Crippen LogP contribution in [0.5, 0.6) is 0 Å². The molecule has 138 valence electrons. The van der Waals surface area contributed by atoms with Gasteiger partial charge < -0.3 is 5.11 Å². The van der Waals surface area contributed by atoms with Gasteiger partial charge in [-0.05, 0) is 42.7 Å². The molecule has 7 heteroatoms. The number of rotatable bonds is 4. The first-order valence-corrected chi connectivity index (χ1v) is 9.11. The molecule has 1 aliphatic heterocycles. The number of halogens is 2. The third-order valence-electron chi connectivity index (χ3n) is 4.83. The molecule has 4 rings (SSSR count). The van der Waals surface area contributed by atoms with Crippen LogP contribution in [0.25, 0.3) is 5.69 Å². The molecule has 1 aliphatic rings. The van der Waals surface area contributed by atoms with Crippen LogP contribution in [0, 0.1) is 11.7 Å². The number of aromatic nitrogens is 3. The molecule has 5 nitrogen and oxygen atoms in total. The lowest BCUT2D eigenvalue weighted by Gasteiger charge is -2.18. The average molecular weight is 385 g/mol. The number of aliphatic hydroxyl groups is 1. The molecule has 0 aliphatic carbocycles. The van der Waals surface area contributed by atoms with E-state index in [-0.39, 0.29) is 24.4 Å². The Hall–Kier alpha value is -2.57. The lowest BCUT2D eigenvalue weighted by Crippen LogP contribution is -2.14. The summed E-state index contributed by atoms with van der Waals surface area (Å²) in [5.74, 6) is 0.295. The number of benzene rings is 2. The molecule has 3 aromatic rings. The van der Waals surface area contributed by atoms with E-state index in [4.69, 9.17) is 16.6 Å². The van der Waals surface area contributed by atoms with Crippen LogP contribution in [0.4, 0.5) is 4.39 Å². The minimum absolute atomic E-state index is 0.00972. The molecule has 0 radical (unpaired) electrons. The van der Waals surface area contributed by atoms with Crippen LogP contribution < -0.4 is 0 Å². The molecule has 0 spiro atoms. The summed E-state index contributed by atoms with van der Waals surface area (Å²) < 4.78 is 16.5. The van der Waals surface area contributed by atoms with Gasteiger partial charge in [-0.15, -0.1) is 10.2 Å². The second kappa shape index (κ2) is 7.21. The molecular weight excluding hydrogens is 367 g/mol. The summed E-state index contributed by atoms with van der Waals surface area (Å²) in [7, 11) is 0. The zero-order chi connectivity index (χ0) is 19.0. The van der Waals surface area contributed by atoms with Crippen molar-refractivity contribution >= 4 is 17.3 Å². The predicted octanol–water partition coefficient (Wildman–Crippen LogP) is 3.97. The van der Waals surface area contributed by atoms with Gasteiger partial charge in [0.1, 0.15) is 18.2 Å². The lowest BCUT2D eigenvalue weighted by molar-refractivity contribution is 0.248. The third-order valence-corrected chi connectivity index (χ3v) is 5.07. The van der Waals surface area contributed by atoms with Crippen molar-refractivity contribution in [2.75, 3.05) is 6.61 Å². The summed E-state index contributed by atoms with van der Waals surface area (Å²) in [6, 6.07) is 11.6. The number of hydrogen-bond acceptors (Lipinski definition) is 4. The fraction of sp³-hybridized carbons (Fsp3) is 0.250. The largest absolute Gasteiger partial charge is 0.396 e. The van der Waals surface area contributed by atoms with Crippen LogP contribution >= 0.6 is 11.6 Å². The Balaban J connectivity index is 2.01. The van der Waals surface area contributed by atoms with Crippen molar-refractivity contribution in [3.8, 4) is 5.69 Å². The highest BCUT2D eigenvalue weighted by Crippen LogP contribution is 2.35. The second-order valence-corrected chi connectivity index (χ2v) is 7.05. The highest BCUT2D eigenvalue weighted by atomic mass is 35.5. The van der Waals surface area contributed by atoms with Crippen LogP contribution in [-0.2, 0) is 0 Å². The second-order valence-electron chi connectivity index (χ2n) is 6.61. The van der Waals surface area contributed by atoms with Gasteiger partial charge in [-0.25, -0.2) is 4.39 Å². The minimum atomic E-state index is -0.375. The van der Waals surface area contributed by atoms with Gasteiger partial charge in [0.05, 0.1) is 11.4 Å². The molecule has 0 amide bonds. The van der Waals surface area contributed by atoms with Crippen LogP contribution in [0.2, 0.25) is 5.02 Å².